The summed E-state index contributed by atoms with van der Waals surface area (Å²) in [6.07, 6.45) is 1.94. The number of aromatic nitrogens is 2. The lowest BCUT2D eigenvalue weighted by Gasteiger charge is -2.32. The average molecular weight is 317 g/mol. The molecule has 7 heteroatoms. The second kappa shape index (κ2) is 7.33. The zero-order valence-corrected chi connectivity index (χ0v) is 13.1. The first kappa shape index (κ1) is 14.9. The highest BCUT2D eigenvalue weighted by atomic mass is 32.1. The maximum atomic E-state index is 11.9. The van der Waals surface area contributed by atoms with Crippen LogP contribution in [0.5, 0.6) is 0 Å². The molecule has 0 saturated carbocycles. The Labute approximate surface area is 133 Å². The largest absolute Gasteiger partial charge is 0.335 e. The summed E-state index contributed by atoms with van der Waals surface area (Å²) in [5.41, 5.74) is 2.93. The van der Waals surface area contributed by atoms with E-state index in [9.17, 15) is 4.79 Å². The van der Waals surface area contributed by atoms with Crippen molar-refractivity contribution in [3.63, 3.8) is 0 Å². The lowest BCUT2D eigenvalue weighted by molar-refractivity contribution is 0.190. The van der Waals surface area contributed by atoms with E-state index in [2.05, 4.69) is 50.0 Å². The topological polar surface area (TPSA) is 70.1 Å². The smallest absolute Gasteiger partial charge is 0.321 e. The van der Waals surface area contributed by atoms with Crippen molar-refractivity contribution < 1.29 is 4.79 Å². The van der Waals surface area contributed by atoms with E-state index in [1.807, 2.05) is 6.07 Å². The summed E-state index contributed by atoms with van der Waals surface area (Å²) in [6.45, 7) is 2.97. The van der Waals surface area contributed by atoms with Crippen LogP contribution in [-0.2, 0) is 6.54 Å². The van der Waals surface area contributed by atoms with Crippen molar-refractivity contribution in [2.75, 3.05) is 18.4 Å². The highest BCUT2D eigenvalue weighted by Crippen LogP contribution is 2.14. The molecule has 2 N–H and O–H groups in total. The number of hydrogen-bond acceptors (Lipinski definition) is 5. The number of anilines is 1. The first-order valence-corrected chi connectivity index (χ1v) is 8.27. The average Bonchev–Trinajstić information content (AvgIpc) is 3.03. The number of carbonyl (C=O) groups excluding carboxylic acids is 1. The van der Waals surface area contributed by atoms with Crippen molar-refractivity contribution in [2.24, 2.45) is 0 Å². The number of nitrogens with one attached hydrogen (secondary N) is 2. The Morgan fingerprint density at radius 1 is 1.27 bits per heavy atom. The number of benzene rings is 1. The van der Waals surface area contributed by atoms with Crippen LogP contribution in [0.1, 0.15) is 18.4 Å². The Bertz CT molecular complexity index is 581. The van der Waals surface area contributed by atoms with Gasteiger partial charge in [0.1, 0.15) is 5.51 Å². The Morgan fingerprint density at radius 2 is 2.05 bits per heavy atom. The SMILES string of the molecule is O=C(Nc1nncs1)NC1CCN(Cc2ccccc2)CC1. The van der Waals surface area contributed by atoms with Crippen LogP contribution in [0.2, 0.25) is 0 Å². The van der Waals surface area contributed by atoms with Gasteiger partial charge in [-0.1, -0.05) is 41.7 Å². The zero-order chi connectivity index (χ0) is 15.2. The van der Waals surface area contributed by atoms with E-state index in [0.717, 1.165) is 32.5 Å². The summed E-state index contributed by atoms with van der Waals surface area (Å²) in [5.74, 6) is 0. The summed E-state index contributed by atoms with van der Waals surface area (Å²) < 4.78 is 0. The van der Waals surface area contributed by atoms with Gasteiger partial charge >= 0.3 is 6.03 Å². The summed E-state index contributed by atoms with van der Waals surface area (Å²) in [5, 5.41) is 13.7. The molecule has 0 bridgehead atoms. The van der Waals surface area contributed by atoms with Gasteiger partial charge in [0.15, 0.2) is 0 Å². The Balaban J connectivity index is 1.41. The molecule has 0 aliphatic carbocycles. The van der Waals surface area contributed by atoms with Crippen LogP contribution in [0.3, 0.4) is 0 Å². The summed E-state index contributed by atoms with van der Waals surface area (Å²) >= 11 is 1.31. The molecule has 6 nitrogen and oxygen atoms in total. The van der Waals surface area contributed by atoms with E-state index in [0.29, 0.717) is 5.13 Å². The molecule has 0 radical (unpaired) electrons. The molecule has 1 aliphatic heterocycles. The first-order chi connectivity index (χ1) is 10.8. The summed E-state index contributed by atoms with van der Waals surface area (Å²) in [6, 6.07) is 10.5. The predicted molar refractivity (Wildman–Crippen MR) is 86.8 cm³/mol. The van der Waals surface area contributed by atoms with Crippen molar-refractivity contribution in [1.29, 1.82) is 0 Å². The Hall–Kier alpha value is -1.99. The molecule has 0 unspecified atom stereocenters. The molecular weight excluding hydrogens is 298 g/mol. The number of rotatable bonds is 4. The second-order valence-corrected chi connectivity index (χ2v) is 6.21. The molecule has 1 aliphatic rings. The van der Waals surface area contributed by atoms with Crippen LogP contribution >= 0.6 is 11.3 Å². The molecule has 0 spiro atoms. The maximum absolute atomic E-state index is 11.9. The second-order valence-electron chi connectivity index (χ2n) is 5.38. The number of amides is 2. The lowest BCUT2D eigenvalue weighted by atomic mass is 10.0. The number of urea groups is 1. The van der Waals surface area contributed by atoms with Gasteiger partial charge in [0.05, 0.1) is 0 Å². The summed E-state index contributed by atoms with van der Waals surface area (Å²) in [7, 11) is 0. The third-order valence-corrected chi connectivity index (χ3v) is 4.36. The Morgan fingerprint density at radius 3 is 2.73 bits per heavy atom. The molecule has 3 rings (SSSR count). The molecule has 1 aromatic heterocycles. The van der Waals surface area contributed by atoms with E-state index >= 15 is 0 Å². The monoisotopic (exact) mass is 317 g/mol. The molecule has 116 valence electrons. The van der Waals surface area contributed by atoms with E-state index in [1.54, 1.807) is 5.51 Å². The van der Waals surface area contributed by atoms with Crippen LogP contribution in [-0.4, -0.2) is 40.3 Å². The fourth-order valence-electron chi connectivity index (χ4n) is 2.62. The maximum Gasteiger partial charge on any atom is 0.321 e. The van der Waals surface area contributed by atoms with E-state index in [-0.39, 0.29) is 12.1 Å². The van der Waals surface area contributed by atoms with Crippen molar-refractivity contribution in [1.82, 2.24) is 20.4 Å². The van der Waals surface area contributed by atoms with E-state index in [1.165, 1.54) is 16.9 Å². The highest BCUT2D eigenvalue weighted by Gasteiger charge is 2.20. The molecule has 0 atom stereocenters. The number of carbonyl (C=O) groups is 1. The molecular formula is C15H19N5OS. The van der Waals surface area contributed by atoms with Crippen molar-refractivity contribution >= 4 is 22.5 Å². The molecule has 22 heavy (non-hydrogen) atoms. The molecule has 2 aromatic rings. The molecule has 1 fully saturated rings. The van der Waals surface area contributed by atoms with Gasteiger partial charge in [0.2, 0.25) is 5.13 Å². The van der Waals surface area contributed by atoms with Gasteiger partial charge < -0.3 is 5.32 Å². The van der Waals surface area contributed by atoms with Crippen LogP contribution in [0.15, 0.2) is 35.8 Å². The molecule has 1 saturated heterocycles. The third kappa shape index (κ3) is 4.25. The van der Waals surface area contributed by atoms with Crippen molar-refractivity contribution in [3.8, 4) is 0 Å². The minimum Gasteiger partial charge on any atom is -0.335 e. The fraction of sp³-hybridized carbons (Fsp3) is 0.400. The third-order valence-electron chi connectivity index (χ3n) is 3.75. The van der Waals surface area contributed by atoms with Gasteiger partial charge in [-0.15, -0.1) is 10.2 Å². The lowest BCUT2D eigenvalue weighted by Crippen LogP contribution is -2.45. The van der Waals surface area contributed by atoms with Gasteiger partial charge in [-0.2, -0.15) is 0 Å². The highest BCUT2D eigenvalue weighted by molar-refractivity contribution is 7.13. The zero-order valence-electron chi connectivity index (χ0n) is 12.2. The minimum atomic E-state index is -0.196. The van der Waals surface area contributed by atoms with Gasteiger partial charge in [-0.05, 0) is 18.4 Å². The van der Waals surface area contributed by atoms with Gasteiger partial charge in [-0.3, -0.25) is 10.2 Å². The van der Waals surface area contributed by atoms with Gasteiger partial charge in [-0.25, -0.2) is 4.79 Å². The fourth-order valence-corrected chi connectivity index (χ4v) is 3.06. The van der Waals surface area contributed by atoms with Crippen molar-refractivity contribution in [2.45, 2.75) is 25.4 Å². The standard InChI is InChI=1S/C15H19N5OS/c21-14(18-15-19-16-11-22-15)17-13-6-8-20(9-7-13)10-12-4-2-1-3-5-12/h1-5,11,13H,6-10H2,(H2,17,18,19,21). The normalized spacial score (nSPS) is 16.4. The van der Waals surface area contributed by atoms with E-state index < -0.39 is 0 Å². The number of likely N-dealkylation sites (tertiary alicyclic amines) is 1. The number of piperidine rings is 1. The first-order valence-electron chi connectivity index (χ1n) is 7.39. The molecule has 2 amide bonds. The number of hydrogen-bond donors (Lipinski definition) is 2. The van der Waals surface area contributed by atoms with Gasteiger partial charge in [0.25, 0.3) is 0 Å². The van der Waals surface area contributed by atoms with E-state index in [4.69, 9.17) is 0 Å². The van der Waals surface area contributed by atoms with Crippen molar-refractivity contribution in [3.05, 3.63) is 41.4 Å². The van der Waals surface area contributed by atoms with Gasteiger partial charge in [0, 0.05) is 25.7 Å². The molecule has 2 heterocycles. The summed E-state index contributed by atoms with van der Waals surface area (Å²) in [4.78, 5) is 14.3. The molecule has 1 aromatic carbocycles. The Kier molecular flexibility index (Phi) is 4.97. The number of nitrogens with zero attached hydrogens (tertiary/aromatic N) is 3. The predicted octanol–water partition coefficient (Wildman–Crippen LogP) is 2.32. The van der Waals surface area contributed by atoms with Crippen LogP contribution < -0.4 is 10.6 Å². The van der Waals surface area contributed by atoms with Crippen LogP contribution in [0.4, 0.5) is 9.93 Å². The van der Waals surface area contributed by atoms with Crippen LogP contribution in [0.25, 0.3) is 0 Å². The minimum absolute atomic E-state index is 0.196. The van der Waals surface area contributed by atoms with Crippen LogP contribution in [0, 0.1) is 0 Å². The quantitative estimate of drug-likeness (QED) is 0.908.